The summed E-state index contributed by atoms with van der Waals surface area (Å²) in [5, 5.41) is 3.63. The van der Waals surface area contributed by atoms with Crippen LogP contribution in [0.2, 0.25) is 5.02 Å². The normalized spacial score (nSPS) is 12.9. The van der Waals surface area contributed by atoms with E-state index < -0.39 is 6.04 Å². The Morgan fingerprint density at radius 1 is 1.03 bits per heavy atom. The van der Waals surface area contributed by atoms with Gasteiger partial charge in [-0.3, -0.25) is 9.59 Å². The van der Waals surface area contributed by atoms with Crippen molar-refractivity contribution in [3.05, 3.63) is 69.7 Å². The first-order chi connectivity index (χ1) is 14.2. The Morgan fingerprint density at radius 2 is 1.67 bits per heavy atom. The molecule has 5 heteroatoms. The lowest BCUT2D eigenvalue weighted by Crippen LogP contribution is -2.51. The number of nitrogens with zero attached hydrogens (tertiary/aromatic N) is 1. The molecule has 2 amide bonds. The summed E-state index contributed by atoms with van der Waals surface area (Å²) >= 11 is 6.37. The van der Waals surface area contributed by atoms with E-state index in [1.807, 2.05) is 71.0 Å². The summed E-state index contributed by atoms with van der Waals surface area (Å²) in [5.41, 5.74) is 4.04. The molecule has 162 valence electrons. The fourth-order valence-electron chi connectivity index (χ4n) is 3.62. The van der Waals surface area contributed by atoms with Crippen LogP contribution >= 0.6 is 11.6 Å². The van der Waals surface area contributed by atoms with Crippen LogP contribution in [0.4, 0.5) is 0 Å². The van der Waals surface area contributed by atoms with Crippen molar-refractivity contribution in [2.45, 2.75) is 72.5 Å². The molecule has 0 aliphatic carbocycles. The molecule has 30 heavy (non-hydrogen) atoms. The van der Waals surface area contributed by atoms with Gasteiger partial charge in [0.1, 0.15) is 6.04 Å². The average molecular weight is 429 g/mol. The lowest BCUT2D eigenvalue weighted by molar-refractivity contribution is -0.141. The molecule has 0 bridgehead atoms. The van der Waals surface area contributed by atoms with Crippen LogP contribution in [0.25, 0.3) is 0 Å². The van der Waals surface area contributed by atoms with E-state index in [4.69, 9.17) is 11.6 Å². The first kappa shape index (κ1) is 23.9. The number of carbonyl (C=O) groups is 2. The maximum absolute atomic E-state index is 13.4. The van der Waals surface area contributed by atoms with E-state index in [-0.39, 0.29) is 24.3 Å². The number of hydrogen-bond donors (Lipinski definition) is 1. The Kier molecular flexibility index (Phi) is 8.91. The third kappa shape index (κ3) is 6.60. The molecular formula is C25H33ClN2O2. The predicted octanol–water partition coefficient (Wildman–Crippen LogP) is 5.22. The van der Waals surface area contributed by atoms with Crippen LogP contribution in [-0.2, 0) is 22.6 Å². The fourth-order valence-corrected chi connectivity index (χ4v) is 3.81. The monoisotopic (exact) mass is 428 g/mol. The predicted molar refractivity (Wildman–Crippen MR) is 124 cm³/mol. The molecule has 2 aromatic carbocycles. The van der Waals surface area contributed by atoms with E-state index >= 15 is 0 Å². The van der Waals surface area contributed by atoms with Crippen LogP contribution in [-0.4, -0.2) is 28.8 Å². The summed E-state index contributed by atoms with van der Waals surface area (Å²) in [6, 6.07) is 13.1. The number of hydrogen-bond acceptors (Lipinski definition) is 2. The quantitative estimate of drug-likeness (QED) is 0.595. The van der Waals surface area contributed by atoms with Gasteiger partial charge in [0, 0.05) is 17.6 Å². The minimum absolute atomic E-state index is 0.0586. The van der Waals surface area contributed by atoms with E-state index in [0.29, 0.717) is 18.0 Å². The van der Waals surface area contributed by atoms with Crippen molar-refractivity contribution in [2.24, 2.45) is 0 Å². The van der Waals surface area contributed by atoms with Gasteiger partial charge in [-0.05, 0) is 50.8 Å². The molecule has 0 radical (unpaired) electrons. The first-order valence-electron chi connectivity index (χ1n) is 10.7. The van der Waals surface area contributed by atoms with E-state index in [1.165, 1.54) is 0 Å². The van der Waals surface area contributed by atoms with Gasteiger partial charge in [0.15, 0.2) is 0 Å². The van der Waals surface area contributed by atoms with Crippen LogP contribution in [0.1, 0.15) is 55.9 Å². The average Bonchev–Trinajstić information content (AvgIpc) is 2.68. The third-order valence-corrected chi connectivity index (χ3v) is 5.69. The smallest absolute Gasteiger partial charge is 0.243 e. The Morgan fingerprint density at radius 3 is 2.23 bits per heavy atom. The molecule has 0 saturated carbocycles. The van der Waals surface area contributed by atoms with E-state index in [0.717, 1.165) is 28.7 Å². The summed E-state index contributed by atoms with van der Waals surface area (Å²) in [4.78, 5) is 28.1. The van der Waals surface area contributed by atoms with Crippen molar-refractivity contribution in [2.75, 3.05) is 0 Å². The molecule has 0 spiro atoms. The van der Waals surface area contributed by atoms with Crippen LogP contribution in [0.15, 0.2) is 42.5 Å². The molecule has 0 aliphatic rings. The number of halogens is 1. The number of nitrogens with one attached hydrogen (secondary N) is 1. The highest BCUT2D eigenvalue weighted by Crippen LogP contribution is 2.21. The minimum Gasteiger partial charge on any atom is -0.352 e. The Balaban J connectivity index is 2.34. The molecule has 2 atom stereocenters. The number of carbonyl (C=O) groups excluding carboxylic acids is 2. The molecule has 0 unspecified atom stereocenters. The Bertz CT molecular complexity index is 861. The molecule has 0 fully saturated rings. The van der Waals surface area contributed by atoms with Gasteiger partial charge < -0.3 is 10.2 Å². The molecule has 2 aromatic rings. The van der Waals surface area contributed by atoms with Gasteiger partial charge in [-0.1, -0.05) is 73.0 Å². The van der Waals surface area contributed by atoms with Gasteiger partial charge in [-0.25, -0.2) is 0 Å². The van der Waals surface area contributed by atoms with Crippen molar-refractivity contribution >= 4 is 23.4 Å². The molecular weight excluding hydrogens is 396 g/mol. The van der Waals surface area contributed by atoms with E-state index in [2.05, 4.69) is 11.4 Å². The highest BCUT2D eigenvalue weighted by molar-refractivity contribution is 6.31. The summed E-state index contributed by atoms with van der Waals surface area (Å²) in [6.07, 6.45) is 1.62. The molecule has 0 heterocycles. The number of amides is 2. The van der Waals surface area contributed by atoms with Crippen molar-refractivity contribution in [3.63, 3.8) is 0 Å². The summed E-state index contributed by atoms with van der Waals surface area (Å²) in [5.74, 6) is -0.196. The second kappa shape index (κ2) is 11.2. The first-order valence-corrected chi connectivity index (χ1v) is 11.0. The van der Waals surface area contributed by atoms with Crippen LogP contribution in [0.3, 0.4) is 0 Å². The zero-order chi connectivity index (χ0) is 22.3. The van der Waals surface area contributed by atoms with Crippen LogP contribution < -0.4 is 5.32 Å². The lowest BCUT2D eigenvalue weighted by Gasteiger charge is -2.32. The Labute approximate surface area is 185 Å². The van der Waals surface area contributed by atoms with Gasteiger partial charge in [-0.15, -0.1) is 0 Å². The summed E-state index contributed by atoms with van der Waals surface area (Å²) < 4.78 is 0. The lowest BCUT2D eigenvalue weighted by atomic mass is 10.0. The Hall–Kier alpha value is -2.33. The second-order valence-electron chi connectivity index (χ2n) is 8.03. The summed E-state index contributed by atoms with van der Waals surface area (Å²) in [7, 11) is 0. The molecule has 1 N–H and O–H groups in total. The summed E-state index contributed by atoms with van der Waals surface area (Å²) in [6.45, 7) is 10.3. The van der Waals surface area contributed by atoms with Gasteiger partial charge in [0.25, 0.3) is 0 Å². The highest BCUT2D eigenvalue weighted by atomic mass is 35.5. The fraction of sp³-hybridized carbons (Fsp3) is 0.440. The third-order valence-electron chi connectivity index (χ3n) is 5.32. The molecule has 4 nitrogen and oxygen atoms in total. The molecule has 0 saturated heterocycles. The van der Waals surface area contributed by atoms with E-state index in [9.17, 15) is 9.59 Å². The largest absolute Gasteiger partial charge is 0.352 e. The highest BCUT2D eigenvalue weighted by Gasteiger charge is 2.29. The minimum atomic E-state index is -0.548. The number of rotatable bonds is 9. The topological polar surface area (TPSA) is 49.4 Å². The van der Waals surface area contributed by atoms with Gasteiger partial charge in [-0.2, -0.15) is 0 Å². The van der Waals surface area contributed by atoms with Crippen LogP contribution in [0.5, 0.6) is 0 Å². The zero-order valence-corrected chi connectivity index (χ0v) is 19.4. The van der Waals surface area contributed by atoms with Gasteiger partial charge in [0.2, 0.25) is 11.8 Å². The van der Waals surface area contributed by atoms with Crippen molar-refractivity contribution in [3.8, 4) is 0 Å². The van der Waals surface area contributed by atoms with Crippen molar-refractivity contribution < 1.29 is 9.59 Å². The maximum atomic E-state index is 13.4. The van der Waals surface area contributed by atoms with Crippen LogP contribution in [0, 0.1) is 13.8 Å². The SMILES string of the molecule is CC[C@@H](C)NC(=O)[C@@H](CC)N(Cc1ccccc1Cl)C(=O)Cc1cc(C)cc(C)c1. The van der Waals surface area contributed by atoms with Gasteiger partial charge >= 0.3 is 0 Å². The standard InChI is InChI=1S/C25H33ClN2O2/c1-6-19(5)27-25(30)23(7-2)28(16-21-10-8-9-11-22(21)26)24(29)15-20-13-17(3)12-18(4)14-20/h8-14,19,23H,6-7,15-16H2,1-5H3,(H,27,30)/t19-,23-/m1/s1. The second-order valence-corrected chi connectivity index (χ2v) is 8.43. The molecule has 2 rings (SSSR count). The van der Waals surface area contributed by atoms with Crippen molar-refractivity contribution in [1.82, 2.24) is 10.2 Å². The van der Waals surface area contributed by atoms with Crippen molar-refractivity contribution in [1.29, 1.82) is 0 Å². The van der Waals surface area contributed by atoms with E-state index in [1.54, 1.807) is 4.90 Å². The molecule has 0 aromatic heterocycles. The zero-order valence-electron chi connectivity index (χ0n) is 18.7. The number of aryl methyl sites for hydroxylation is 2. The van der Waals surface area contributed by atoms with Gasteiger partial charge in [0.05, 0.1) is 6.42 Å². The number of benzene rings is 2. The maximum Gasteiger partial charge on any atom is 0.243 e. The molecule has 0 aliphatic heterocycles.